The number of hydrogen-bond donors (Lipinski definition) is 0. The number of piperidine rings is 1. The molecule has 26 heavy (non-hydrogen) atoms. The van der Waals surface area contributed by atoms with Gasteiger partial charge in [0, 0.05) is 44.1 Å². The average Bonchev–Trinajstić information content (AvgIpc) is 3.04. The number of likely N-dealkylation sites (tertiary alicyclic amines) is 2. The summed E-state index contributed by atoms with van der Waals surface area (Å²) in [6.45, 7) is 6.61. The maximum atomic E-state index is 5.42. The fourth-order valence-corrected chi connectivity index (χ4v) is 4.63. The number of rotatable bonds is 5. The van der Waals surface area contributed by atoms with E-state index >= 15 is 0 Å². The molecule has 1 atom stereocenters. The molecule has 5 heteroatoms. The van der Waals surface area contributed by atoms with Gasteiger partial charge >= 0.3 is 0 Å². The molecule has 2 aliphatic heterocycles. The molecule has 0 aliphatic carbocycles. The third kappa shape index (κ3) is 3.89. The van der Waals surface area contributed by atoms with Crippen molar-refractivity contribution in [3.8, 4) is 5.88 Å². The van der Waals surface area contributed by atoms with Crippen LogP contribution in [0.5, 0.6) is 5.88 Å². The van der Waals surface area contributed by atoms with Crippen molar-refractivity contribution < 1.29 is 4.74 Å². The Kier molecular flexibility index (Phi) is 5.18. The molecule has 4 rings (SSSR count). The molecule has 2 saturated heterocycles. The molecule has 2 aromatic heterocycles. The number of methoxy groups -OCH3 is 1. The molecule has 2 aliphatic rings. The van der Waals surface area contributed by atoms with Crippen molar-refractivity contribution in [1.82, 2.24) is 19.8 Å². The van der Waals surface area contributed by atoms with Gasteiger partial charge in [0.15, 0.2) is 0 Å². The van der Waals surface area contributed by atoms with Crippen LogP contribution in [0.1, 0.15) is 30.5 Å². The zero-order chi connectivity index (χ0) is 17.8. The average molecular weight is 352 g/mol. The lowest BCUT2D eigenvalue weighted by Crippen LogP contribution is -2.44. The molecule has 0 saturated carbocycles. The number of ether oxygens (including phenoxy) is 1. The van der Waals surface area contributed by atoms with E-state index in [1.807, 2.05) is 18.3 Å². The van der Waals surface area contributed by atoms with Crippen LogP contribution in [0.25, 0.3) is 0 Å². The van der Waals surface area contributed by atoms with E-state index in [1.54, 1.807) is 13.3 Å². The summed E-state index contributed by atoms with van der Waals surface area (Å²) in [4.78, 5) is 14.0. The van der Waals surface area contributed by atoms with Gasteiger partial charge in [0.05, 0.1) is 12.8 Å². The second-order valence-electron chi connectivity index (χ2n) is 7.77. The summed E-state index contributed by atoms with van der Waals surface area (Å²) < 4.78 is 5.42. The minimum absolute atomic E-state index is 0.433. The molecule has 2 aromatic rings. The smallest absolute Gasteiger partial charge is 0.217 e. The fraction of sp³-hybridized carbons (Fsp3) is 0.524. The standard InChI is InChI=1S/C21H28N4O/c1-26-20-18(6-4-11-23-20)14-25-13-9-21(17-25)8-5-12-24(16-21)15-19-7-2-3-10-22-19/h2-4,6-7,10-11H,5,8-9,12-17H2,1H3/t21-/m1/s1. The lowest BCUT2D eigenvalue weighted by molar-refractivity contribution is 0.0856. The molecular formula is C21H28N4O. The van der Waals surface area contributed by atoms with Crippen LogP contribution in [0.4, 0.5) is 0 Å². The van der Waals surface area contributed by atoms with Gasteiger partial charge in [-0.2, -0.15) is 0 Å². The van der Waals surface area contributed by atoms with Crippen molar-refractivity contribution in [3.05, 3.63) is 54.0 Å². The highest BCUT2D eigenvalue weighted by Gasteiger charge is 2.41. The Hall–Kier alpha value is -1.98. The van der Waals surface area contributed by atoms with E-state index in [-0.39, 0.29) is 0 Å². The van der Waals surface area contributed by atoms with E-state index in [2.05, 4.69) is 38.0 Å². The highest BCUT2D eigenvalue weighted by molar-refractivity contribution is 5.25. The zero-order valence-electron chi connectivity index (χ0n) is 15.6. The van der Waals surface area contributed by atoms with Crippen LogP contribution in [-0.4, -0.2) is 53.1 Å². The van der Waals surface area contributed by atoms with E-state index in [1.165, 1.54) is 50.2 Å². The Morgan fingerprint density at radius 2 is 1.81 bits per heavy atom. The van der Waals surface area contributed by atoms with Crippen LogP contribution in [0.3, 0.4) is 0 Å². The van der Waals surface area contributed by atoms with E-state index in [9.17, 15) is 0 Å². The quantitative estimate of drug-likeness (QED) is 0.827. The first-order chi connectivity index (χ1) is 12.8. The maximum Gasteiger partial charge on any atom is 0.217 e. The molecule has 0 N–H and O–H groups in total. The summed E-state index contributed by atoms with van der Waals surface area (Å²) in [5.74, 6) is 0.758. The highest BCUT2D eigenvalue weighted by atomic mass is 16.5. The normalized spacial score (nSPS) is 24.2. The van der Waals surface area contributed by atoms with E-state index in [0.29, 0.717) is 5.41 Å². The Balaban J connectivity index is 1.38. The summed E-state index contributed by atoms with van der Waals surface area (Å²) in [6.07, 6.45) is 7.61. The van der Waals surface area contributed by atoms with E-state index in [4.69, 9.17) is 4.74 Å². The Labute approximate surface area is 156 Å². The van der Waals surface area contributed by atoms with Crippen molar-refractivity contribution in [1.29, 1.82) is 0 Å². The molecule has 5 nitrogen and oxygen atoms in total. The second-order valence-corrected chi connectivity index (χ2v) is 7.77. The molecule has 1 spiro atoms. The largest absolute Gasteiger partial charge is 0.481 e. The summed E-state index contributed by atoms with van der Waals surface area (Å²) >= 11 is 0. The summed E-state index contributed by atoms with van der Waals surface area (Å²) in [6, 6.07) is 10.3. The lowest BCUT2D eigenvalue weighted by atomic mass is 9.79. The second kappa shape index (κ2) is 7.72. The molecular weight excluding hydrogens is 324 g/mol. The zero-order valence-corrected chi connectivity index (χ0v) is 15.6. The van der Waals surface area contributed by atoms with Crippen LogP contribution < -0.4 is 4.74 Å². The van der Waals surface area contributed by atoms with Gasteiger partial charge in [-0.1, -0.05) is 12.1 Å². The summed E-state index contributed by atoms with van der Waals surface area (Å²) in [7, 11) is 1.70. The van der Waals surface area contributed by atoms with Gasteiger partial charge in [0.2, 0.25) is 5.88 Å². The van der Waals surface area contributed by atoms with Crippen LogP contribution >= 0.6 is 0 Å². The third-order valence-corrected chi connectivity index (χ3v) is 5.81. The van der Waals surface area contributed by atoms with Crippen molar-refractivity contribution >= 4 is 0 Å². The van der Waals surface area contributed by atoms with Gasteiger partial charge in [-0.25, -0.2) is 4.98 Å². The van der Waals surface area contributed by atoms with Crippen molar-refractivity contribution in [2.75, 3.05) is 33.3 Å². The van der Waals surface area contributed by atoms with Gasteiger partial charge in [0.1, 0.15) is 0 Å². The van der Waals surface area contributed by atoms with Gasteiger partial charge in [-0.05, 0) is 56.0 Å². The third-order valence-electron chi connectivity index (χ3n) is 5.81. The molecule has 2 fully saturated rings. The van der Waals surface area contributed by atoms with Crippen molar-refractivity contribution in [2.45, 2.75) is 32.4 Å². The number of aromatic nitrogens is 2. The fourth-order valence-electron chi connectivity index (χ4n) is 4.63. The van der Waals surface area contributed by atoms with Gasteiger partial charge in [-0.3, -0.25) is 14.8 Å². The Bertz CT molecular complexity index is 723. The lowest BCUT2D eigenvalue weighted by Gasteiger charge is -2.40. The highest BCUT2D eigenvalue weighted by Crippen LogP contribution is 2.40. The van der Waals surface area contributed by atoms with Crippen LogP contribution in [-0.2, 0) is 13.1 Å². The Morgan fingerprint density at radius 3 is 2.62 bits per heavy atom. The number of pyridine rings is 2. The predicted molar refractivity (Wildman–Crippen MR) is 102 cm³/mol. The molecule has 138 valence electrons. The number of nitrogens with zero attached hydrogens (tertiary/aromatic N) is 4. The SMILES string of the molecule is COc1ncccc1CN1CC[C@@]2(CCCN(Cc3ccccn3)C2)C1. The Morgan fingerprint density at radius 1 is 0.962 bits per heavy atom. The minimum Gasteiger partial charge on any atom is -0.481 e. The van der Waals surface area contributed by atoms with E-state index in [0.717, 1.165) is 25.5 Å². The van der Waals surface area contributed by atoms with Crippen LogP contribution in [0, 0.1) is 5.41 Å². The van der Waals surface area contributed by atoms with Crippen LogP contribution in [0.15, 0.2) is 42.7 Å². The minimum atomic E-state index is 0.433. The molecule has 0 bridgehead atoms. The van der Waals surface area contributed by atoms with Gasteiger partial charge in [0.25, 0.3) is 0 Å². The molecule has 0 aromatic carbocycles. The first-order valence-corrected chi connectivity index (χ1v) is 9.59. The molecule has 4 heterocycles. The van der Waals surface area contributed by atoms with Crippen molar-refractivity contribution in [2.24, 2.45) is 5.41 Å². The molecule has 0 radical (unpaired) electrons. The monoisotopic (exact) mass is 352 g/mol. The topological polar surface area (TPSA) is 41.5 Å². The predicted octanol–water partition coefficient (Wildman–Crippen LogP) is 2.97. The molecule has 0 unspecified atom stereocenters. The molecule has 0 amide bonds. The van der Waals surface area contributed by atoms with Gasteiger partial charge in [-0.15, -0.1) is 0 Å². The number of hydrogen-bond acceptors (Lipinski definition) is 5. The van der Waals surface area contributed by atoms with Gasteiger partial charge < -0.3 is 4.74 Å². The first-order valence-electron chi connectivity index (χ1n) is 9.59. The summed E-state index contributed by atoms with van der Waals surface area (Å²) in [5.41, 5.74) is 2.80. The maximum absolute atomic E-state index is 5.42. The van der Waals surface area contributed by atoms with Crippen molar-refractivity contribution in [3.63, 3.8) is 0 Å². The first kappa shape index (κ1) is 17.4. The summed E-state index contributed by atoms with van der Waals surface area (Å²) in [5, 5.41) is 0. The van der Waals surface area contributed by atoms with E-state index < -0.39 is 0 Å². The van der Waals surface area contributed by atoms with Crippen LogP contribution in [0.2, 0.25) is 0 Å².